The van der Waals surface area contributed by atoms with Gasteiger partial charge < -0.3 is 15.0 Å². The monoisotopic (exact) mass is 426 g/mol. The second-order valence-corrected chi connectivity index (χ2v) is 6.86. The summed E-state index contributed by atoms with van der Waals surface area (Å²) < 4.78 is 56.4. The number of carbonyl (C=O) groups is 2. The molecule has 2 fully saturated rings. The summed E-state index contributed by atoms with van der Waals surface area (Å²) in [6.07, 6.45) is -4.03. The van der Waals surface area contributed by atoms with E-state index in [0.717, 1.165) is 16.5 Å². The zero-order valence-corrected chi connectivity index (χ0v) is 15.7. The Morgan fingerprint density at radius 2 is 2.03 bits per heavy atom. The van der Waals surface area contributed by atoms with E-state index in [2.05, 4.69) is 4.85 Å². The lowest BCUT2D eigenvalue weighted by Crippen LogP contribution is -2.41. The number of benzene rings is 1. The van der Waals surface area contributed by atoms with Crippen molar-refractivity contribution in [1.29, 1.82) is 0 Å². The van der Waals surface area contributed by atoms with Gasteiger partial charge in [-0.3, -0.25) is 9.69 Å². The molecule has 0 bridgehead atoms. The number of anilines is 2. The molecule has 1 aromatic rings. The van der Waals surface area contributed by atoms with E-state index in [1.54, 1.807) is 5.32 Å². The molecule has 2 heterocycles. The molecule has 3 rings (SSSR count). The lowest BCUT2D eigenvalue weighted by Gasteiger charge is -2.31. The van der Waals surface area contributed by atoms with Crippen molar-refractivity contribution in [3.8, 4) is 0 Å². The molecule has 1 N–H and O–H groups in total. The number of carbonyl (C=O) groups excluding carboxylic acids is 2. The van der Waals surface area contributed by atoms with E-state index in [1.165, 1.54) is 18.3 Å². The molecule has 0 aromatic heterocycles. The van der Waals surface area contributed by atoms with Crippen molar-refractivity contribution in [2.45, 2.75) is 25.1 Å². The highest BCUT2D eigenvalue weighted by Crippen LogP contribution is 2.30. The van der Waals surface area contributed by atoms with Crippen molar-refractivity contribution in [1.82, 2.24) is 5.32 Å². The second kappa shape index (κ2) is 8.61. The Hall–Kier alpha value is -3.29. The van der Waals surface area contributed by atoms with Gasteiger partial charge in [-0.15, -0.1) is 0 Å². The van der Waals surface area contributed by atoms with E-state index in [9.17, 15) is 27.2 Å². The minimum absolute atomic E-state index is 0.121. The van der Waals surface area contributed by atoms with Gasteiger partial charge in [-0.1, -0.05) is 5.57 Å². The summed E-state index contributed by atoms with van der Waals surface area (Å²) in [7, 11) is 0. The van der Waals surface area contributed by atoms with Crippen molar-refractivity contribution in [3.63, 3.8) is 0 Å². The average Bonchev–Trinajstić information content (AvgIpc) is 3.07. The van der Waals surface area contributed by atoms with Crippen molar-refractivity contribution in [2.24, 2.45) is 0 Å². The van der Waals surface area contributed by atoms with Crippen LogP contribution in [0.2, 0.25) is 0 Å². The number of hydrogen-bond acceptors (Lipinski definition) is 4. The van der Waals surface area contributed by atoms with Crippen LogP contribution in [0.15, 0.2) is 30.0 Å². The molecule has 2 aliphatic heterocycles. The molecular formula is C19H18F4N4O3. The summed E-state index contributed by atoms with van der Waals surface area (Å²) in [5.41, 5.74) is 1.58. The molecule has 30 heavy (non-hydrogen) atoms. The number of rotatable bonds is 4. The molecule has 2 amide bonds. The maximum Gasteiger partial charge on any atom is 0.471 e. The third kappa shape index (κ3) is 4.82. The largest absolute Gasteiger partial charge is 0.471 e. The SMILES string of the molecule is [C-]#[N+]C=C1CCN(c2ccc(N3C[C@H](CNC(=O)C(F)(F)F)OC3=O)cc2F)CC1. The number of halogens is 4. The molecule has 11 heteroatoms. The molecule has 160 valence electrons. The molecule has 0 unspecified atom stereocenters. The number of nitrogens with zero attached hydrogens (tertiary/aromatic N) is 3. The first-order valence-electron chi connectivity index (χ1n) is 9.11. The molecule has 2 saturated heterocycles. The first kappa shape index (κ1) is 21.4. The average molecular weight is 426 g/mol. The van der Waals surface area contributed by atoms with Crippen LogP contribution in [-0.2, 0) is 9.53 Å². The number of cyclic esters (lactones) is 1. The first-order chi connectivity index (χ1) is 14.2. The van der Waals surface area contributed by atoms with Gasteiger partial charge in [0, 0.05) is 13.1 Å². The van der Waals surface area contributed by atoms with Gasteiger partial charge in [0.05, 0.1) is 31.0 Å². The first-order valence-corrected chi connectivity index (χ1v) is 9.11. The normalized spacial score (nSPS) is 19.4. The summed E-state index contributed by atoms with van der Waals surface area (Å²) in [6.45, 7) is 7.35. The summed E-state index contributed by atoms with van der Waals surface area (Å²) in [4.78, 5) is 29.1. The molecule has 0 radical (unpaired) electrons. The lowest BCUT2D eigenvalue weighted by molar-refractivity contribution is -0.173. The molecule has 0 saturated carbocycles. The predicted molar refractivity (Wildman–Crippen MR) is 99.2 cm³/mol. The number of hydrogen-bond donors (Lipinski definition) is 1. The minimum Gasteiger partial charge on any atom is -0.442 e. The Morgan fingerprint density at radius 1 is 1.33 bits per heavy atom. The highest BCUT2D eigenvalue weighted by molar-refractivity contribution is 5.90. The third-order valence-electron chi connectivity index (χ3n) is 4.86. The standard InChI is InChI=1S/C19H18F4N4O3/c1-24-9-12-4-6-26(7-5-12)16-3-2-13(8-15(16)20)27-11-14(30-18(27)29)10-25-17(28)19(21,22)23/h2-3,8-9,14H,4-7,10-11H2,(H,25,28)/t14-/m0/s1. The molecule has 7 nitrogen and oxygen atoms in total. The Labute approximate surface area is 169 Å². The fourth-order valence-corrected chi connectivity index (χ4v) is 3.32. The van der Waals surface area contributed by atoms with Gasteiger partial charge in [0.2, 0.25) is 0 Å². The van der Waals surface area contributed by atoms with Gasteiger partial charge >= 0.3 is 18.2 Å². The molecule has 0 spiro atoms. The van der Waals surface area contributed by atoms with E-state index in [-0.39, 0.29) is 12.2 Å². The van der Waals surface area contributed by atoms with Crippen molar-refractivity contribution in [2.75, 3.05) is 36.0 Å². The van der Waals surface area contributed by atoms with Crippen LogP contribution in [-0.4, -0.2) is 50.5 Å². The Morgan fingerprint density at radius 3 is 2.63 bits per heavy atom. The summed E-state index contributed by atoms with van der Waals surface area (Å²) in [5, 5.41) is 1.66. The molecule has 0 aliphatic carbocycles. The summed E-state index contributed by atoms with van der Waals surface area (Å²) in [5.74, 6) is -2.67. The number of amides is 2. The maximum atomic E-state index is 14.7. The summed E-state index contributed by atoms with van der Waals surface area (Å²) >= 11 is 0. The van der Waals surface area contributed by atoms with Crippen LogP contribution in [0, 0.1) is 12.4 Å². The van der Waals surface area contributed by atoms with Crippen LogP contribution in [0.3, 0.4) is 0 Å². The molecule has 1 aromatic carbocycles. The van der Waals surface area contributed by atoms with Gasteiger partial charge in [0.25, 0.3) is 0 Å². The smallest absolute Gasteiger partial charge is 0.442 e. The van der Waals surface area contributed by atoms with Crippen LogP contribution < -0.4 is 15.1 Å². The van der Waals surface area contributed by atoms with Crippen LogP contribution in [0.5, 0.6) is 0 Å². The Kier molecular flexibility index (Phi) is 6.14. The van der Waals surface area contributed by atoms with Crippen LogP contribution >= 0.6 is 0 Å². The fourth-order valence-electron chi connectivity index (χ4n) is 3.32. The van der Waals surface area contributed by atoms with Gasteiger partial charge in [0.1, 0.15) is 11.9 Å². The topological polar surface area (TPSA) is 66.2 Å². The van der Waals surface area contributed by atoms with Crippen molar-refractivity contribution >= 4 is 23.4 Å². The van der Waals surface area contributed by atoms with Gasteiger partial charge in [-0.05, 0) is 31.0 Å². The predicted octanol–water partition coefficient (Wildman–Crippen LogP) is 3.23. The number of nitrogens with one attached hydrogen (secondary N) is 1. The van der Waals surface area contributed by atoms with Gasteiger partial charge in [0.15, 0.2) is 6.20 Å². The number of alkyl halides is 3. The quantitative estimate of drug-likeness (QED) is 0.593. The van der Waals surface area contributed by atoms with Crippen molar-refractivity contribution < 1.29 is 31.9 Å². The number of ether oxygens (including phenoxy) is 1. The van der Waals surface area contributed by atoms with Gasteiger partial charge in [-0.2, -0.15) is 13.2 Å². The third-order valence-corrected chi connectivity index (χ3v) is 4.86. The highest BCUT2D eigenvalue weighted by atomic mass is 19.4. The summed E-state index contributed by atoms with van der Waals surface area (Å²) in [6, 6.07) is 4.22. The second-order valence-electron chi connectivity index (χ2n) is 6.86. The van der Waals surface area contributed by atoms with Crippen LogP contribution in [0.4, 0.5) is 33.7 Å². The van der Waals surface area contributed by atoms with Gasteiger partial charge in [-0.25, -0.2) is 14.0 Å². The van der Waals surface area contributed by atoms with Crippen LogP contribution in [0.1, 0.15) is 12.8 Å². The van der Waals surface area contributed by atoms with Crippen molar-refractivity contribution in [3.05, 3.63) is 47.2 Å². The fraction of sp³-hybridized carbons (Fsp3) is 0.421. The zero-order chi connectivity index (χ0) is 21.9. The minimum atomic E-state index is -5.03. The van der Waals surface area contributed by atoms with Crippen LogP contribution in [0.25, 0.3) is 4.85 Å². The van der Waals surface area contributed by atoms with E-state index in [0.29, 0.717) is 31.6 Å². The van der Waals surface area contributed by atoms with E-state index in [1.807, 2.05) is 4.90 Å². The zero-order valence-electron chi connectivity index (χ0n) is 15.7. The Balaban J connectivity index is 1.62. The highest BCUT2D eigenvalue weighted by Gasteiger charge is 2.40. The van der Waals surface area contributed by atoms with E-state index >= 15 is 0 Å². The van der Waals surface area contributed by atoms with E-state index < -0.39 is 36.6 Å². The molecular weight excluding hydrogens is 408 g/mol. The maximum absolute atomic E-state index is 14.7. The number of piperidine rings is 1. The molecule has 2 aliphatic rings. The lowest BCUT2D eigenvalue weighted by atomic mass is 10.0. The Bertz CT molecular complexity index is 900. The van der Waals surface area contributed by atoms with E-state index in [4.69, 9.17) is 11.3 Å². The molecule has 1 atom stereocenters.